The summed E-state index contributed by atoms with van der Waals surface area (Å²) in [6.45, 7) is 5.81. The van der Waals surface area contributed by atoms with Crippen molar-refractivity contribution in [2.45, 2.75) is 38.9 Å². The standard InChI is InChI=1S/C21H24IN8OP/c1-12-8-18(30(25-12)32-22)21-24-13(2)20-16(17-6-7-23-27(17)3)9-19(26-29(20)21)28-10-14-4-5-15(11-28)31-14/h6-9,14-15,32H,4-5,10-11H2,1-3H3. The van der Waals surface area contributed by atoms with Crippen molar-refractivity contribution in [1.29, 1.82) is 0 Å². The second-order valence-corrected chi connectivity index (χ2v) is 10.6. The van der Waals surface area contributed by atoms with Crippen LogP contribution in [0.3, 0.4) is 0 Å². The van der Waals surface area contributed by atoms with Gasteiger partial charge in [-0.3, -0.25) is 4.68 Å². The molecule has 3 unspecified atom stereocenters. The van der Waals surface area contributed by atoms with Crippen molar-refractivity contribution >= 4 is 39.7 Å². The number of halogens is 1. The Morgan fingerprint density at radius 2 is 1.88 bits per heavy atom. The van der Waals surface area contributed by atoms with Gasteiger partial charge in [0.25, 0.3) is 0 Å². The number of anilines is 1. The lowest BCUT2D eigenvalue weighted by Gasteiger charge is -2.33. The average molecular weight is 562 g/mol. The summed E-state index contributed by atoms with van der Waals surface area (Å²) in [5.41, 5.74) is 6.05. The van der Waals surface area contributed by atoms with Crippen LogP contribution in [0.25, 0.3) is 28.3 Å². The van der Waals surface area contributed by atoms with E-state index in [9.17, 15) is 0 Å². The molecule has 0 radical (unpaired) electrons. The van der Waals surface area contributed by atoms with Crippen LogP contribution in [0.5, 0.6) is 0 Å². The van der Waals surface area contributed by atoms with Crippen molar-refractivity contribution in [3.8, 4) is 22.8 Å². The molecule has 0 aliphatic carbocycles. The van der Waals surface area contributed by atoms with Crippen LogP contribution in [0.1, 0.15) is 24.2 Å². The molecule has 11 heteroatoms. The minimum Gasteiger partial charge on any atom is -0.371 e. The van der Waals surface area contributed by atoms with E-state index in [0.29, 0.717) is 18.6 Å². The lowest BCUT2D eigenvalue weighted by Crippen LogP contribution is -2.43. The Hall–Kier alpha value is -2.04. The van der Waals surface area contributed by atoms with Gasteiger partial charge in [-0.1, -0.05) is 0 Å². The summed E-state index contributed by atoms with van der Waals surface area (Å²) in [4.78, 5) is 7.35. The Labute approximate surface area is 200 Å². The van der Waals surface area contributed by atoms with Gasteiger partial charge < -0.3 is 9.64 Å². The van der Waals surface area contributed by atoms with Crippen molar-refractivity contribution in [3.63, 3.8) is 0 Å². The van der Waals surface area contributed by atoms with E-state index in [2.05, 4.69) is 62.3 Å². The number of ether oxygens (including phenoxy) is 1. The Balaban J connectivity index is 1.60. The molecule has 166 valence electrons. The maximum Gasteiger partial charge on any atom is 0.180 e. The maximum absolute atomic E-state index is 6.07. The average Bonchev–Trinajstić information content (AvgIpc) is 3.54. The first kappa shape index (κ1) is 20.6. The first-order valence-corrected chi connectivity index (χ1v) is 14.8. The summed E-state index contributed by atoms with van der Waals surface area (Å²) in [5.74, 6) is 1.77. The van der Waals surface area contributed by atoms with Crippen LogP contribution in [0.15, 0.2) is 24.4 Å². The van der Waals surface area contributed by atoms with Crippen LogP contribution < -0.4 is 4.90 Å². The van der Waals surface area contributed by atoms with Crippen molar-refractivity contribution in [2.24, 2.45) is 7.05 Å². The number of morpholine rings is 1. The van der Waals surface area contributed by atoms with E-state index < -0.39 is 0 Å². The molecule has 2 aliphatic heterocycles. The minimum atomic E-state index is 0.291. The molecule has 4 aromatic rings. The molecule has 2 saturated heterocycles. The maximum atomic E-state index is 6.07. The number of imidazole rings is 1. The van der Waals surface area contributed by atoms with Gasteiger partial charge in [0.1, 0.15) is 5.69 Å². The van der Waals surface area contributed by atoms with E-state index >= 15 is 0 Å². The van der Waals surface area contributed by atoms with Gasteiger partial charge in [0.15, 0.2) is 11.6 Å². The molecule has 0 N–H and O–H groups in total. The number of hydrogen-bond donors (Lipinski definition) is 0. The monoisotopic (exact) mass is 562 g/mol. The number of hydrogen-bond acceptors (Lipinski definition) is 6. The number of aromatic nitrogens is 7. The molecule has 32 heavy (non-hydrogen) atoms. The molecule has 9 nitrogen and oxygen atoms in total. The van der Waals surface area contributed by atoms with E-state index in [1.54, 1.807) is 0 Å². The van der Waals surface area contributed by atoms with Crippen LogP contribution >= 0.6 is 28.4 Å². The van der Waals surface area contributed by atoms with Gasteiger partial charge in [-0.15, -0.1) is 5.10 Å². The Kier molecular flexibility index (Phi) is 5.00. The number of aryl methyl sites for hydroxylation is 3. The third-order valence-electron chi connectivity index (χ3n) is 6.36. The molecule has 0 spiro atoms. The van der Waals surface area contributed by atoms with Crippen molar-refractivity contribution in [1.82, 2.24) is 33.9 Å². The number of nitrogens with zero attached hydrogens (tertiary/aromatic N) is 8. The van der Waals surface area contributed by atoms with Gasteiger partial charge in [-0.2, -0.15) is 10.2 Å². The fourth-order valence-corrected chi connectivity index (χ4v) is 6.49. The highest BCUT2D eigenvalue weighted by Crippen LogP contribution is 2.37. The number of rotatable bonds is 4. The Morgan fingerprint density at radius 1 is 1.09 bits per heavy atom. The van der Waals surface area contributed by atoms with E-state index in [1.165, 1.54) is 0 Å². The van der Waals surface area contributed by atoms with Crippen LogP contribution in [-0.4, -0.2) is 59.2 Å². The van der Waals surface area contributed by atoms with Crippen LogP contribution in [0.2, 0.25) is 0 Å². The van der Waals surface area contributed by atoms with Gasteiger partial charge in [-0.25, -0.2) is 14.0 Å². The summed E-state index contributed by atoms with van der Waals surface area (Å²) >= 11 is 2.36. The highest BCUT2D eigenvalue weighted by molar-refractivity contribution is 14.2. The summed E-state index contributed by atoms with van der Waals surface area (Å²) < 4.78 is 12.0. The molecular formula is C21H24IN8OP. The molecule has 4 aromatic heterocycles. The summed E-state index contributed by atoms with van der Waals surface area (Å²) in [5, 5.41) is 14.2. The fourth-order valence-electron chi connectivity index (χ4n) is 4.93. The normalized spacial score (nSPS) is 20.9. The highest BCUT2D eigenvalue weighted by atomic mass is 127. The third-order valence-corrected chi connectivity index (χ3v) is 8.24. The Morgan fingerprint density at radius 3 is 2.56 bits per heavy atom. The zero-order valence-corrected chi connectivity index (χ0v) is 21.3. The van der Waals surface area contributed by atoms with E-state index in [-0.39, 0.29) is 0 Å². The lowest BCUT2D eigenvalue weighted by molar-refractivity contribution is 0.0301. The van der Waals surface area contributed by atoms with E-state index in [1.807, 2.05) is 33.8 Å². The zero-order chi connectivity index (χ0) is 22.0. The first-order chi connectivity index (χ1) is 15.5. The predicted octanol–water partition coefficient (Wildman–Crippen LogP) is 3.77. The SMILES string of the molecule is Cc1cc(-c2nc(C)c3c(-c4ccnn4C)cc(N4CC5CCC(C4)O5)nn23)n(PI)n1. The first-order valence-electron chi connectivity index (χ1n) is 10.7. The van der Waals surface area contributed by atoms with Gasteiger partial charge in [0.2, 0.25) is 0 Å². The van der Waals surface area contributed by atoms with Gasteiger partial charge in [0.05, 0.1) is 41.2 Å². The lowest BCUT2D eigenvalue weighted by atomic mass is 10.1. The van der Waals surface area contributed by atoms with Crippen LogP contribution in [0, 0.1) is 13.8 Å². The van der Waals surface area contributed by atoms with E-state index in [4.69, 9.17) is 14.8 Å². The number of fused-ring (bicyclic) bond motifs is 3. The molecule has 2 bridgehead atoms. The smallest absolute Gasteiger partial charge is 0.180 e. The molecule has 2 aliphatic rings. The molecular weight excluding hydrogens is 538 g/mol. The molecule has 0 saturated carbocycles. The minimum absolute atomic E-state index is 0.291. The molecule has 0 amide bonds. The second kappa shape index (κ2) is 7.78. The molecule has 3 atom stereocenters. The summed E-state index contributed by atoms with van der Waals surface area (Å²) in [7, 11) is 1.98. The highest BCUT2D eigenvalue weighted by Gasteiger charge is 2.35. The summed E-state index contributed by atoms with van der Waals surface area (Å²) in [6.07, 6.45) is 5.16. The van der Waals surface area contributed by atoms with E-state index in [0.717, 1.165) is 71.4 Å². The largest absolute Gasteiger partial charge is 0.371 e. The molecule has 0 aromatic carbocycles. The van der Waals surface area contributed by atoms with Crippen molar-refractivity contribution in [2.75, 3.05) is 18.0 Å². The fraction of sp³-hybridized carbons (Fsp3) is 0.429. The summed E-state index contributed by atoms with van der Waals surface area (Å²) in [6, 6.07) is 6.33. The molecule has 2 fully saturated rings. The van der Waals surface area contributed by atoms with Gasteiger partial charge in [0, 0.05) is 31.9 Å². The molecule has 6 heterocycles. The van der Waals surface area contributed by atoms with Gasteiger partial charge >= 0.3 is 0 Å². The predicted molar refractivity (Wildman–Crippen MR) is 134 cm³/mol. The molecule has 6 rings (SSSR count). The third kappa shape index (κ3) is 3.26. The zero-order valence-electron chi connectivity index (χ0n) is 18.2. The van der Waals surface area contributed by atoms with Crippen LogP contribution in [0.4, 0.5) is 5.82 Å². The Bertz CT molecular complexity index is 1320. The van der Waals surface area contributed by atoms with Crippen molar-refractivity contribution in [3.05, 3.63) is 35.8 Å². The van der Waals surface area contributed by atoms with Gasteiger partial charge in [-0.05, 0) is 66.9 Å². The quantitative estimate of drug-likeness (QED) is 0.279. The second-order valence-electron chi connectivity index (χ2n) is 8.57. The topological polar surface area (TPSA) is 78.3 Å². The van der Waals surface area contributed by atoms with Crippen LogP contribution in [-0.2, 0) is 11.8 Å². The van der Waals surface area contributed by atoms with Crippen molar-refractivity contribution < 1.29 is 4.74 Å².